The third-order valence-corrected chi connectivity index (χ3v) is 14.1. The van der Waals surface area contributed by atoms with Crippen LogP contribution in [0.3, 0.4) is 0 Å². The van der Waals surface area contributed by atoms with Crippen molar-refractivity contribution in [1.29, 1.82) is 0 Å². The zero-order chi connectivity index (χ0) is 34.0. The van der Waals surface area contributed by atoms with Crippen molar-refractivity contribution < 1.29 is 33.0 Å². The minimum Gasteiger partial charge on any atom is -0.493 e. The van der Waals surface area contributed by atoms with Crippen LogP contribution < -0.4 is 19.1 Å². The fourth-order valence-electron chi connectivity index (χ4n) is 5.03. The van der Waals surface area contributed by atoms with E-state index in [2.05, 4.69) is 52.7 Å². The van der Waals surface area contributed by atoms with E-state index in [0.717, 1.165) is 5.56 Å². The summed E-state index contributed by atoms with van der Waals surface area (Å²) in [6.45, 7) is 17.5. The quantitative estimate of drug-likeness (QED) is 0.148. The van der Waals surface area contributed by atoms with Crippen LogP contribution in [-0.2, 0) is 25.2 Å². The van der Waals surface area contributed by atoms with Crippen molar-refractivity contribution in [3.8, 4) is 16.6 Å². The molecule has 0 fully saturated rings. The van der Waals surface area contributed by atoms with Crippen LogP contribution in [0.5, 0.6) is 16.6 Å². The molecule has 4 rings (SSSR count). The smallest absolute Gasteiger partial charge is 0.308 e. The molecule has 0 N–H and O–H groups in total. The number of halogens is 1. The molecule has 3 aromatic rings. The second-order valence-electron chi connectivity index (χ2n) is 13.8. The molecule has 0 bridgehead atoms. The van der Waals surface area contributed by atoms with Gasteiger partial charge >= 0.3 is 5.97 Å². The maximum Gasteiger partial charge on any atom is 0.308 e. The number of anilines is 1. The maximum absolute atomic E-state index is 14.6. The van der Waals surface area contributed by atoms with Crippen molar-refractivity contribution in [3.05, 3.63) is 63.8 Å². The lowest BCUT2D eigenvalue weighted by Crippen LogP contribution is -2.48. The lowest BCUT2D eigenvalue weighted by Gasteiger charge is -2.40. The molecule has 0 unspecified atom stereocenters. The summed E-state index contributed by atoms with van der Waals surface area (Å²) in [5.74, 6) is 0.362. The van der Waals surface area contributed by atoms with Crippen LogP contribution >= 0.6 is 22.9 Å². The number of hydrogen-bond donors (Lipinski definition) is 0. The number of rotatable bonds is 11. The molecule has 12 heteroatoms. The predicted octanol–water partition coefficient (Wildman–Crippen LogP) is 7.85. The van der Waals surface area contributed by atoms with E-state index >= 15 is 0 Å². The van der Waals surface area contributed by atoms with E-state index < -0.39 is 31.9 Å². The summed E-state index contributed by atoms with van der Waals surface area (Å²) < 4.78 is 30.1. The minimum absolute atomic E-state index is 0.0471. The van der Waals surface area contributed by atoms with Crippen molar-refractivity contribution in [2.24, 2.45) is 5.41 Å². The molecular formula is C34H45ClN2O7SSi. The maximum atomic E-state index is 14.6. The van der Waals surface area contributed by atoms with Gasteiger partial charge in [0.1, 0.15) is 12.2 Å². The van der Waals surface area contributed by atoms with Crippen LogP contribution in [0.1, 0.15) is 63.8 Å². The van der Waals surface area contributed by atoms with Crippen molar-refractivity contribution in [2.75, 3.05) is 32.3 Å². The zero-order valence-electron chi connectivity index (χ0n) is 28.4. The largest absolute Gasteiger partial charge is 0.493 e. The van der Waals surface area contributed by atoms with Gasteiger partial charge in [0.05, 0.1) is 25.4 Å². The fraction of sp³-hybridized carbons (Fsp3) is 0.500. The third kappa shape index (κ3) is 8.11. The molecule has 0 saturated heterocycles. The van der Waals surface area contributed by atoms with E-state index in [9.17, 15) is 9.59 Å². The molecule has 1 aromatic heterocycles. The van der Waals surface area contributed by atoms with E-state index in [1.165, 1.54) is 24.5 Å². The Balaban J connectivity index is 1.82. The van der Waals surface area contributed by atoms with Crippen molar-refractivity contribution >= 4 is 48.8 Å². The molecule has 2 heterocycles. The average Bonchev–Trinajstić information content (AvgIpc) is 3.37. The standard InChI is InChI=1S/C34H45ClN2O7SSi/c1-21(38)43-29-18-36-28(45-29)17-27-32(39)37(19-34(5,6)20-42-46(9,10)33(2,3)4)25-15-14-22(35)16-24(25)30(44-27)23-12-11-13-26(40-7)31(23)41-8/h11-16,18,27,30H,17,19-20H2,1-10H3/t27-,30-/m1/s1. The van der Waals surface area contributed by atoms with Crippen LogP contribution in [0, 0.1) is 5.41 Å². The first-order chi connectivity index (χ1) is 21.5. The molecule has 0 radical (unpaired) electrons. The number of carbonyl (C=O) groups excluding carboxylic acids is 2. The number of nitrogens with zero attached hydrogens (tertiary/aromatic N) is 2. The molecule has 9 nitrogen and oxygen atoms in total. The molecule has 1 amide bonds. The number of fused-ring (bicyclic) bond motifs is 1. The lowest BCUT2D eigenvalue weighted by molar-refractivity contribution is -0.132. The first-order valence-corrected chi connectivity index (χ1v) is 19.3. The second kappa shape index (κ2) is 14.0. The summed E-state index contributed by atoms with van der Waals surface area (Å²) in [5.41, 5.74) is 1.68. The Labute approximate surface area is 282 Å². The van der Waals surface area contributed by atoms with Crippen LogP contribution in [-0.4, -0.2) is 58.7 Å². The number of ether oxygens (including phenoxy) is 4. The molecular weight excluding hydrogens is 644 g/mol. The van der Waals surface area contributed by atoms with E-state index in [1.807, 2.05) is 30.3 Å². The summed E-state index contributed by atoms with van der Waals surface area (Å²) in [7, 11) is 1.10. The van der Waals surface area contributed by atoms with Gasteiger partial charge in [0.25, 0.3) is 5.91 Å². The highest BCUT2D eigenvalue weighted by molar-refractivity contribution is 7.13. The molecule has 2 atom stereocenters. The second-order valence-corrected chi connectivity index (χ2v) is 20.1. The summed E-state index contributed by atoms with van der Waals surface area (Å²) in [4.78, 5) is 32.4. The van der Waals surface area contributed by atoms with Gasteiger partial charge in [-0.25, -0.2) is 4.98 Å². The number of amides is 1. The van der Waals surface area contributed by atoms with E-state index in [0.29, 0.717) is 51.0 Å². The van der Waals surface area contributed by atoms with Crippen LogP contribution in [0.15, 0.2) is 42.6 Å². The van der Waals surface area contributed by atoms with Crippen molar-refractivity contribution in [1.82, 2.24) is 4.98 Å². The van der Waals surface area contributed by atoms with Crippen molar-refractivity contribution in [3.63, 3.8) is 0 Å². The first-order valence-electron chi connectivity index (χ1n) is 15.2. The first kappa shape index (κ1) is 35.9. The third-order valence-electron chi connectivity index (χ3n) is 8.47. The Morgan fingerprint density at radius 2 is 1.80 bits per heavy atom. The van der Waals surface area contributed by atoms with E-state index in [4.69, 9.17) is 35.0 Å². The van der Waals surface area contributed by atoms with Gasteiger partial charge in [-0.2, -0.15) is 0 Å². The van der Waals surface area contributed by atoms with Crippen LogP contribution in [0.2, 0.25) is 23.2 Å². The van der Waals surface area contributed by atoms with Crippen LogP contribution in [0.25, 0.3) is 0 Å². The zero-order valence-corrected chi connectivity index (χ0v) is 30.9. The molecule has 250 valence electrons. The molecule has 46 heavy (non-hydrogen) atoms. The fourth-order valence-corrected chi connectivity index (χ4v) is 7.23. The molecule has 1 aliphatic rings. The lowest BCUT2D eigenvalue weighted by atomic mass is 9.92. The average molecular weight is 689 g/mol. The van der Waals surface area contributed by atoms with Gasteiger partial charge in [-0.05, 0) is 42.4 Å². The highest BCUT2D eigenvalue weighted by Crippen LogP contribution is 2.46. The number of methoxy groups -OCH3 is 2. The summed E-state index contributed by atoms with van der Waals surface area (Å²) >= 11 is 7.81. The van der Waals surface area contributed by atoms with Gasteiger partial charge in [0.2, 0.25) is 5.06 Å². The van der Waals surface area contributed by atoms with Gasteiger partial charge in [-0.1, -0.05) is 69.7 Å². The predicted molar refractivity (Wildman–Crippen MR) is 184 cm³/mol. The van der Waals surface area contributed by atoms with Gasteiger partial charge in [0, 0.05) is 53.7 Å². The number of aromatic nitrogens is 1. The van der Waals surface area contributed by atoms with E-state index in [-0.39, 0.29) is 17.4 Å². The van der Waals surface area contributed by atoms with Gasteiger partial charge in [0.15, 0.2) is 19.8 Å². The number of benzene rings is 2. The van der Waals surface area contributed by atoms with Gasteiger partial charge < -0.3 is 28.3 Å². The number of hydrogen-bond acceptors (Lipinski definition) is 9. The molecule has 2 aromatic carbocycles. The molecule has 0 aliphatic carbocycles. The summed E-state index contributed by atoms with van der Waals surface area (Å²) in [6.07, 6.45) is -0.0384. The van der Waals surface area contributed by atoms with E-state index in [1.54, 1.807) is 25.2 Å². The number of para-hydroxylation sites is 1. The normalized spacial score (nSPS) is 17.4. The Hall–Kier alpha value is -2.96. The number of thiazole rings is 1. The molecule has 0 spiro atoms. The Bertz CT molecular complexity index is 1570. The SMILES string of the molecule is COc1cccc([C@H]2O[C@H](Cc3ncc(OC(C)=O)s3)C(=O)N(CC(C)(C)CO[Si](C)(C)C(C)(C)C)c3ccc(Cl)cc32)c1OC. The number of esters is 1. The summed E-state index contributed by atoms with van der Waals surface area (Å²) in [6, 6.07) is 11.1. The van der Waals surface area contributed by atoms with Gasteiger partial charge in [-0.3, -0.25) is 9.59 Å². The van der Waals surface area contributed by atoms with Crippen molar-refractivity contribution in [2.45, 2.75) is 78.3 Å². The Morgan fingerprint density at radius 1 is 1.09 bits per heavy atom. The monoisotopic (exact) mass is 688 g/mol. The molecule has 0 saturated carbocycles. The van der Waals surface area contributed by atoms with Crippen LogP contribution in [0.4, 0.5) is 5.69 Å². The Morgan fingerprint density at radius 3 is 2.43 bits per heavy atom. The minimum atomic E-state index is -2.05. The van der Waals surface area contributed by atoms with Gasteiger partial charge in [-0.15, -0.1) is 0 Å². The number of carbonyl (C=O) groups is 2. The summed E-state index contributed by atoms with van der Waals surface area (Å²) in [5, 5.41) is 1.50. The Kier molecular flexibility index (Phi) is 10.9. The topological polar surface area (TPSA) is 96.4 Å². The highest BCUT2D eigenvalue weighted by atomic mass is 35.5. The highest BCUT2D eigenvalue weighted by Gasteiger charge is 2.42. The molecule has 1 aliphatic heterocycles.